The summed E-state index contributed by atoms with van der Waals surface area (Å²) in [6.45, 7) is 4.52. The largest absolute Gasteiger partial charge is 0.379 e. The highest BCUT2D eigenvalue weighted by Gasteiger charge is 2.46. The average molecular weight is 284 g/mol. The second-order valence-corrected chi connectivity index (χ2v) is 5.32. The second-order valence-electron chi connectivity index (χ2n) is 4.47. The van der Waals surface area contributed by atoms with Crippen molar-refractivity contribution in [3.63, 3.8) is 0 Å². The molecular formula is C13H18BrNO. The third kappa shape index (κ3) is 1.81. The zero-order chi connectivity index (χ0) is 11.6. The predicted molar refractivity (Wildman–Crippen MR) is 69.5 cm³/mol. The number of nitrogens with two attached hydrogens (primary N) is 1. The van der Waals surface area contributed by atoms with Crippen LogP contribution in [0.3, 0.4) is 0 Å². The van der Waals surface area contributed by atoms with Gasteiger partial charge in [0.15, 0.2) is 0 Å². The molecule has 1 aromatic carbocycles. The molecular weight excluding hydrogens is 266 g/mol. The molecule has 0 amide bonds. The minimum Gasteiger partial charge on any atom is -0.379 e. The Balaban J connectivity index is 2.38. The Morgan fingerprint density at radius 2 is 2.12 bits per heavy atom. The van der Waals surface area contributed by atoms with Crippen LogP contribution in [0.5, 0.6) is 0 Å². The van der Waals surface area contributed by atoms with Gasteiger partial charge in [0.2, 0.25) is 0 Å². The van der Waals surface area contributed by atoms with Crippen LogP contribution < -0.4 is 5.73 Å². The van der Waals surface area contributed by atoms with Crippen LogP contribution in [0.15, 0.2) is 28.7 Å². The van der Waals surface area contributed by atoms with Crippen LogP contribution in [0.1, 0.15) is 18.9 Å². The van der Waals surface area contributed by atoms with E-state index in [0.717, 1.165) is 26.2 Å². The van der Waals surface area contributed by atoms with Gasteiger partial charge in [-0.05, 0) is 24.1 Å². The first-order valence-electron chi connectivity index (χ1n) is 5.77. The zero-order valence-electron chi connectivity index (χ0n) is 9.58. The molecule has 2 nitrogen and oxygen atoms in total. The molecule has 1 aliphatic heterocycles. The molecule has 0 spiro atoms. The Morgan fingerprint density at radius 3 is 2.56 bits per heavy atom. The molecule has 2 N–H and O–H groups in total. The summed E-state index contributed by atoms with van der Waals surface area (Å²) in [5.74, 6) is 0.500. The molecule has 3 heteroatoms. The number of ether oxygens (including phenoxy) is 1. The lowest BCUT2D eigenvalue weighted by Crippen LogP contribution is -2.54. The molecule has 1 fully saturated rings. The second kappa shape index (κ2) is 4.86. The first-order valence-corrected chi connectivity index (χ1v) is 6.56. The summed E-state index contributed by atoms with van der Waals surface area (Å²) in [6.07, 6.45) is 1.10. The Bertz CT molecular complexity index is 359. The van der Waals surface area contributed by atoms with Gasteiger partial charge in [-0.15, -0.1) is 0 Å². The summed E-state index contributed by atoms with van der Waals surface area (Å²) in [6, 6.07) is 8.41. The van der Waals surface area contributed by atoms with Crippen LogP contribution >= 0.6 is 15.9 Å². The molecule has 2 rings (SSSR count). The van der Waals surface area contributed by atoms with E-state index in [9.17, 15) is 0 Å². The van der Waals surface area contributed by atoms with Crippen LogP contribution in [0, 0.1) is 5.92 Å². The van der Waals surface area contributed by atoms with E-state index >= 15 is 0 Å². The average Bonchev–Trinajstić information content (AvgIpc) is 2.25. The van der Waals surface area contributed by atoms with E-state index in [1.165, 1.54) is 10.0 Å². The van der Waals surface area contributed by atoms with Gasteiger partial charge in [-0.3, -0.25) is 0 Å². The lowest BCUT2D eigenvalue weighted by Gasteiger charge is -2.47. The lowest BCUT2D eigenvalue weighted by molar-refractivity contribution is -0.0901. The van der Waals surface area contributed by atoms with Crippen molar-refractivity contribution in [1.82, 2.24) is 0 Å². The zero-order valence-corrected chi connectivity index (χ0v) is 11.2. The molecule has 1 heterocycles. The van der Waals surface area contributed by atoms with Gasteiger partial charge >= 0.3 is 0 Å². The molecule has 0 radical (unpaired) electrons. The molecule has 88 valence electrons. The molecule has 1 unspecified atom stereocenters. The predicted octanol–water partition coefficient (Wildman–Crippen LogP) is 2.70. The van der Waals surface area contributed by atoms with Gasteiger partial charge in [-0.1, -0.05) is 47.5 Å². The third-order valence-electron chi connectivity index (χ3n) is 3.69. The van der Waals surface area contributed by atoms with E-state index in [4.69, 9.17) is 10.5 Å². The minimum atomic E-state index is 0.129. The van der Waals surface area contributed by atoms with Crippen LogP contribution in [0.25, 0.3) is 0 Å². The lowest BCUT2D eigenvalue weighted by atomic mass is 9.67. The Kier molecular flexibility index (Phi) is 3.67. The smallest absolute Gasteiger partial charge is 0.0589 e. The van der Waals surface area contributed by atoms with Crippen molar-refractivity contribution < 1.29 is 4.74 Å². The molecule has 1 atom stereocenters. The molecule has 1 aliphatic rings. The Labute approximate surface area is 105 Å². The molecule has 1 aromatic rings. The first kappa shape index (κ1) is 12.1. The van der Waals surface area contributed by atoms with Crippen LogP contribution in [0.2, 0.25) is 0 Å². The fourth-order valence-corrected chi connectivity index (χ4v) is 3.26. The Morgan fingerprint density at radius 1 is 1.44 bits per heavy atom. The van der Waals surface area contributed by atoms with E-state index in [-0.39, 0.29) is 5.41 Å². The maximum Gasteiger partial charge on any atom is 0.0589 e. The van der Waals surface area contributed by atoms with Crippen molar-refractivity contribution >= 4 is 15.9 Å². The highest BCUT2D eigenvalue weighted by atomic mass is 79.9. The SMILES string of the molecule is CCC(CN)C1(c2ccccc2Br)COC1. The molecule has 0 aromatic heterocycles. The number of hydrogen-bond acceptors (Lipinski definition) is 2. The summed E-state index contributed by atoms with van der Waals surface area (Å²) in [4.78, 5) is 0. The van der Waals surface area contributed by atoms with Crippen molar-refractivity contribution in [2.24, 2.45) is 11.7 Å². The standard InChI is InChI=1S/C13H18BrNO/c1-2-10(7-15)13(8-16-9-13)11-5-3-4-6-12(11)14/h3-6,10H,2,7-9,15H2,1H3. The highest BCUT2D eigenvalue weighted by molar-refractivity contribution is 9.10. The van der Waals surface area contributed by atoms with Crippen molar-refractivity contribution in [2.75, 3.05) is 19.8 Å². The van der Waals surface area contributed by atoms with Crippen LogP contribution in [0.4, 0.5) is 0 Å². The van der Waals surface area contributed by atoms with Crippen molar-refractivity contribution in [2.45, 2.75) is 18.8 Å². The van der Waals surface area contributed by atoms with Gasteiger partial charge in [0.05, 0.1) is 13.2 Å². The van der Waals surface area contributed by atoms with Gasteiger partial charge in [0, 0.05) is 9.89 Å². The quantitative estimate of drug-likeness (QED) is 0.922. The molecule has 0 saturated carbocycles. The summed E-state index contributed by atoms with van der Waals surface area (Å²) in [7, 11) is 0. The van der Waals surface area contributed by atoms with Crippen molar-refractivity contribution in [3.8, 4) is 0 Å². The van der Waals surface area contributed by atoms with Crippen LogP contribution in [-0.4, -0.2) is 19.8 Å². The van der Waals surface area contributed by atoms with E-state index in [2.05, 4.69) is 41.1 Å². The number of benzene rings is 1. The van der Waals surface area contributed by atoms with Crippen molar-refractivity contribution in [3.05, 3.63) is 34.3 Å². The number of rotatable bonds is 4. The summed E-state index contributed by atoms with van der Waals surface area (Å²) < 4.78 is 6.63. The molecule has 1 saturated heterocycles. The maximum absolute atomic E-state index is 5.90. The first-order chi connectivity index (χ1) is 7.74. The van der Waals surface area contributed by atoms with Crippen LogP contribution in [-0.2, 0) is 10.2 Å². The van der Waals surface area contributed by atoms with Gasteiger partial charge in [0.25, 0.3) is 0 Å². The topological polar surface area (TPSA) is 35.2 Å². The fraction of sp³-hybridized carbons (Fsp3) is 0.538. The van der Waals surface area contributed by atoms with Gasteiger partial charge < -0.3 is 10.5 Å². The summed E-state index contributed by atoms with van der Waals surface area (Å²) in [5.41, 5.74) is 7.37. The van der Waals surface area contributed by atoms with E-state index < -0.39 is 0 Å². The summed E-state index contributed by atoms with van der Waals surface area (Å²) in [5, 5.41) is 0. The van der Waals surface area contributed by atoms with E-state index in [0.29, 0.717) is 5.92 Å². The monoisotopic (exact) mass is 283 g/mol. The molecule has 16 heavy (non-hydrogen) atoms. The molecule has 0 aliphatic carbocycles. The van der Waals surface area contributed by atoms with Gasteiger partial charge in [0.1, 0.15) is 0 Å². The highest BCUT2D eigenvalue weighted by Crippen LogP contribution is 2.43. The maximum atomic E-state index is 5.90. The van der Waals surface area contributed by atoms with E-state index in [1.807, 2.05) is 6.07 Å². The Hall–Kier alpha value is -0.380. The normalized spacial score (nSPS) is 20.2. The summed E-state index contributed by atoms with van der Waals surface area (Å²) >= 11 is 3.64. The van der Waals surface area contributed by atoms with Gasteiger partial charge in [-0.25, -0.2) is 0 Å². The fourth-order valence-electron chi connectivity index (χ4n) is 2.58. The van der Waals surface area contributed by atoms with Crippen molar-refractivity contribution in [1.29, 1.82) is 0 Å². The van der Waals surface area contributed by atoms with E-state index in [1.54, 1.807) is 0 Å². The third-order valence-corrected chi connectivity index (χ3v) is 4.38. The number of hydrogen-bond donors (Lipinski definition) is 1. The van der Waals surface area contributed by atoms with Gasteiger partial charge in [-0.2, -0.15) is 0 Å². The minimum absolute atomic E-state index is 0.129. The number of halogens is 1. The molecule has 0 bridgehead atoms.